The molecule has 2 heterocycles. The van der Waals surface area contributed by atoms with Crippen LogP contribution < -0.4 is 5.32 Å². The third-order valence-electron chi connectivity index (χ3n) is 6.42. The van der Waals surface area contributed by atoms with Gasteiger partial charge in [-0.15, -0.1) is 0 Å². The molecule has 0 bridgehead atoms. The van der Waals surface area contributed by atoms with Gasteiger partial charge < -0.3 is 29.9 Å². The van der Waals surface area contributed by atoms with Crippen molar-refractivity contribution in [3.8, 4) is 33.9 Å². The molecule has 10 nitrogen and oxygen atoms in total. The number of aromatic nitrogens is 1. The maximum atomic E-state index is 12.8. The second-order valence-corrected chi connectivity index (χ2v) is 9.19. The molecule has 1 atom stereocenters. The van der Waals surface area contributed by atoms with Crippen LogP contribution in [0.2, 0.25) is 0 Å². The zero-order valence-electron chi connectivity index (χ0n) is 21.0. The Bertz CT molecular complexity index is 1280. The van der Waals surface area contributed by atoms with Gasteiger partial charge in [-0.2, -0.15) is 0 Å². The fraction of sp³-hybridized carbons (Fsp3) is 0.370. The van der Waals surface area contributed by atoms with Crippen LogP contribution in [0, 0.1) is 0 Å². The smallest absolute Gasteiger partial charge is 0.325 e. The molecule has 10 heteroatoms. The molecule has 0 aliphatic carbocycles. The predicted octanol–water partition coefficient (Wildman–Crippen LogP) is 3.75. The Morgan fingerprint density at radius 2 is 1.76 bits per heavy atom. The SMILES string of the molecule is CCNC(=O)c1noc(-c2cc(C(C)C)c(O)cc2O)c1-c1ccc(C(C(=O)O)N2CCOCC2)cc1. The molecular weight excluding hydrogens is 478 g/mol. The van der Waals surface area contributed by atoms with Crippen molar-refractivity contribution in [2.45, 2.75) is 32.7 Å². The average Bonchev–Trinajstić information content (AvgIpc) is 3.30. The Morgan fingerprint density at radius 1 is 1.08 bits per heavy atom. The van der Waals surface area contributed by atoms with Crippen LogP contribution in [-0.2, 0) is 9.53 Å². The van der Waals surface area contributed by atoms with E-state index in [9.17, 15) is 24.9 Å². The highest BCUT2D eigenvalue weighted by Gasteiger charge is 2.30. The van der Waals surface area contributed by atoms with Gasteiger partial charge >= 0.3 is 5.97 Å². The summed E-state index contributed by atoms with van der Waals surface area (Å²) in [5.41, 5.74) is 2.41. The second-order valence-electron chi connectivity index (χ2n) is 9.19. The second kappa shape index (κ2) is 11.0. The highest BCUT2D eigenvalue weighted by atomic mass is 16.5. The number of amides is 1. The molecule has 0 radical (unpaired) electrons. The minimum absolute atomic E-state index is 0.0335. The average molecular weight is 510 g/mol. The van der Waals surface area contributed by atoms with Crippen LogP contribution in [0.5, 0.6) is 11.5 Å². The van der Waals surface area contributed by atoms with E-state index in [0.717, 1.165) is 0 Å². The van der Waals surface area contributed by atoms with Crippen molar-refractivity contribution in [2.75, 3.05) is 32.8 Å². The van der Waals surface area contributed by atoms with E-state index in [1.54, 1.807) is 37.3 Å². The number of aromatic hydroxyl groups is 2. The van der Waals surface area contributed by atoms with E-state index in [1.165, 1.54) is 6.07 Å². The maximum absolute atomic E-state index is 12.8. The number of carbonyl (C=O) groups excluding carboxylic acids is 1. The Kier molecular flexibility index (Phi) is 7.80. The van der Waals surface area contributed by atoms with Gasteiger partial charge in [-0.25, -0.2) is 0 Å². The van der Waals surface area contributed by atoms with Crippen LogP contribution in [0.1, 0.15) is 54.3 Å². The molecule has 1 aromatic heterocycles. The number of rotatable bonds is 8. The number of hydrogen-bond donors (Lipinski definition) is 4. The van der Waals surface area contributed by atoms with E-state index in [0.29, 0.717) is 55.1 Å². The summed E-state index contributed by atoms with van der Waals surface area (Å²) >= 11 is 0. The summed E-state index contributed by atoms with van der Waals surface area (Å²) in [4.78, 5) is 26.8. The van der Waals surface area contributed by atoms with Crippen molar-refractivity contribution in [3.63, 3.8) is 0 Å². The highest BCUT2D eigenvalue weighted by Crippen LogP contribution is 2.43. The normalized spacial score (nSPS) is 15.0. The number of hydrogen-bond acceptors (Lipinski definition) is 8. The standard InChI is InChI=1S/C27H31N3O7/c1-4-28-26(33)23-22(25(37-29-23)19-13-18(15(2)3)20(31)14-21(19)32)16-5-7-17(8-6-16)24(27(34)35)30-9-11-36-12-10-30/h5-8,13-15,24,31-32H,4,9-12H2,1-3H3,(H,28,33)(H,34,35). The number of nitrogens with one attached hydrogen (secondary N) is 1. The van der Waals surface area contributed by atoms with Gasteiger partial charge in [0.2, 0.25) is 0 Å². The Balaban J connectivity index is 1.82. The zero-order chi connectivity index (χ0) is 26.7. The number of morpholine rings is 1. The van der Waals surface area contributed by atoms with E-state index in [1.807, 2.05) is 18.7 Å². The number of nitrogens with zero attached hydrogens (tertiary/aromatic N) is 2. The largest absolute Gasteiger partial charge is 0.508 e. The van der Waals surface area contributed by atoms with E-state index < -0.39 is 17.9 Å². The molecule has 1 fully saturated rings. The fourth-order valence-electron chi connectivity index (χ4n) is 4.56. The number of ether oxygens (including phenoxy) is 1. The minimum atomic E-state index is -0.960. The molecule has 3 aromatic rings. The van der Waals surface area contributed by atoms with Gasteiger partial charge in [-0.3, -0.25) is 14.5 Å². The third-order valence-corrected chi connectivity index (χ3v) is 6.42. The minimum Gasteiger partial charge on any atom is -0.508 e. The van der Waals surface area contributed by atoms with Gasteiger partial charge in [-0.05, 0) is 35.6 Å². The predicted molar refractivity (Wildman–Crippen MR) is 136 cm³/mol. The quantitative estimate of drug-likeness (QED) is 0.357. The Hall–Kier alpha value is -3.89. The number of carboxylic acid groups (broad SMARTS) is 1. The van der Waals surface area contributed by atoms with Gasteiger partial charge in [0.25, 0.3) is 5.91 Å². The monoisotopic (exact) mass is 509 g/mol. The topological polar surface area (TPSA) is 145 Å². The van der Waals surface area contributed by atoms with Crippen LogP contribution in [0.25, 0.3) is 22.5 Å². The number of benzene rings is 2. The summed E-state index contributed by atoms with van der Waals surface area (Å²) in [6.45, 7) is 7.93. The van der Waals surface area contributed by atoms with Gasteiger partial charge in [0.1, 0.15) is 17.5 Å². The lowest BCUT2D eigenvalue weighted by molar-refractivity contribution is -0.145. The summed E-state index contributed by atoms with van der Waals surface area (Å²) < 4.78 is 11.0. The van der Waals surface area contributed by atoms with E-state index in [-0.39, 0.29) is 34.4 Å². The maximum Gasteiger partial charge on any atom is 0.325 e. The number of phenols is 2. The van der Waals surface area contributed by atoms with Gasteiger partial charge in [-0.1, -0.05) is 43.3 Å². The summed E-state index contributed by atoms with van der Waals surface area (Å²) in [5, 5.41) is 37.6. The highest BCUT2D eigenvalue weighted by molar-refractivity contribution is 6.02. The summed E-state index contributed by atoms with van der Waals surface area (Å²) in [7, 11) is 0. The van der Waals surface area contributed by atoms with E-state index >= 15 is 0 Å². The molecular formula is C27H31N3O7. The zero-order valence-corrected chi connectivity index (χ0v) is 21.0. The molecule has 4 rings (SSSR count). The fourth-order valence-corrected chi connectivity index (χ4v) is 4.56. The molecule has 196 valence electrons. The molecule has 1 unspecified atom stereocenters. The number of aliphatic carboxylic acids is 1. The van der Waals surface area contributed by atoms with Crippen molar-refractivity contribution < 1.29 is 34.2 Å². The summed E-state index contributed by atoms with van der Waals surface area (Å²) in [6, 6.07) is 8.87. The third kappa shape index (κ3) is 5.30. The first-order chi connectivity index (χ1) is 17.7. The molecule has 1 saturated heterocycles. The molecule has 1 aliphatic rings. The van der Waals surface area contributed by atoms with Crippen LogP contribution in [-0.4, -0.2) is 70.1 Å². The lowest BCUT2D eigenvalue weighted by Gasteiger charge is -2.32. The Labute approximate surface area is 214 Å². The summed E-state index contributed by atoms with van der Waals surface area (Å²) in [5.74, 6) is -1.56. The van der Waals surface area contributed by atoms with Crippen LogP contribution in [0.15, 0.2) is 40.9 Å². The first-order valence-corrected chi connectivity index (χ1v) is 12.2. The molecule has 1 aliphatic heterocycles. The first kappa shape index (κ1) is 26.2. The van der Waals surface area contributed by atoms with Crippen molar-refractivity contribution >= 4 is 11.9 Å². The molecule has 0 spiro atoms. The lowest BCUT2D eigenvalue weighted by atomic mass is 9.93. The van der Waals surface area contributed by atoms with E-state index in [2.05, 4.69) is 10.5 Å². The molecule has 37 heavy (non-hydrogen) atoms. The van der Waals surface area contributed by atoms with Crippen molar-refractivity contribution in [3.05, 3.63) is 53.2 Å². The van der Waals surface area contributed by atoms with Crippen molar-refractivity contribution in [1.82, 2.24) is 15.4 Å². The molecule has 1 amide bonds. The van der Waals surface area contributed by atoms with Gasteiger partial charge in [0.15, 0.2) is 11.5 Å². The lowest BCUT2D eigenvalue weighted by Crippen LogP contribution is -2.42. The van der Waals surface area contributed by atoms with Crippen LogP contribution in [0.3, 0.4) is 0 Å². The van der Waals surface area contributed by atoms with Crippen molar-refractivity contribution in [2.24, 2.45) is 0 Å². The van der Waals surface area contributed by atoms with Crippen LogP contribution >= 0.6 is 0 Å². The molecule has 2 aromatic carbocycles. The van der Waals surface area contributed by atoms with E-state index in [4.69, 9.17) is 9.26 Å². The first-order valence-electron chi connectivity index (χ1n) is 12.2. The summed E-state index contributed by atoms with van der Waals surface area (Å²) in [6.07, 6.45) is 0. The number of carbonyl (C=O) groups is 2. The van der Waals surface area contributed by atoms with Gasteiger partial charge in [0.05, 0.1) is 24.3 Å². The number of carboxylic acids is 1. The Morgan fingerprint density at radius 3 is 2.35 bits per heavy atom. The van der Waals surface area contributed by atoms with Crippen molar-refractivity contribution in [1.29, 1.82) is 0 Å². The number of phenolic OH excluding ortho intramolecular Hbond substituents is 2. The molecule has 0 saturated carbocycles. The van der Waals surface area contributed by atoms with Gasteiger partial charge in [0, 0.05) is 25.7 Å². The molecule has 4 N–H and O–H groups in total. The van der Waals surface area contributed by atoms with Crippen LogP contribution in [0.4, 0.5) is 0 Å².